The molecule has 2 aromatic rings. The van der Waals surface area contributed by atoms with E-state index in [9.17, 15) is 9.59 Å². The van der Waals surface area contributed by atoms with Gasteiger partial charge < -0.3 is 9.47 Å². The highest BCUT2D eigenvalue weighted by Crippen LogP contribution is 2.49. The molecule has 1 heterocycles. The largest absolute Gasteiger partial charge is 0.463 e. The molecule has 0 bridgehead atoms. The number of esters is 2. The summed E-state index contributed by atoms with van der Waals surface area (Å²) in [6.45, 7) is 1.97. The fourth-order valence-electron chi connectivity index (χ4n) is 3.75. The van der Waals surface area contributed by atoms with E-state index in [4.69, 9.17) is 9.47 Å². The van der Waals surface area contributed by atoms with Crippen molar-refractivity contribution in [2.75, 3.05) is 6.61 Å². The van der Waals surface area contributed by atoms with Crippen LogP contribution in [0.15, 0.2) is 77.3 Å². The molecule has 0 N–H and O–H groups in total. The van der Waals surface area contributed by atoms with Crippen LogP contribution < -0.4 is 0 Å². The van der Waals surface area contributed by atoms with Gasteiger partial charge in [0, 0.05) is 11.5 Å². The predicted octanol–water partition coefficient (Wildman–Crippen LogP) is 3.41. The first kappa shape index (κ1) is 17.2. The summed E-state index contributed by atoms with van der Waals surface area (Å²) in [5.74, 6) is -1.14. The average molecular weight is 361 g/mol. The Kier molecular flexibility index (Phi) is 4.36. The van der Waals surface area contributed by atoms with Gasteiger partial charge in [0.25, 0.3) is 0 Å². The number of benzene rings is 2. The van der Waals surface area contributed by atoms with Crippen molar-refractivity contribution in [3.05, 3.63) is 83.4 Å². The molecule has 0 saturated heterocycles. The minimum atomic E-state index is -1.40. The third-order valence-electron chi connectivity index (χ3n) is 4.97. The Morgan fingerprint density at radius 2 is 1.81 bits per heavy atom. The zero-order valence-electron chi connectivity index (χ0n) is 14.9. The second-order valence-corrected chi connectivity index (χ2v) is 6.48. The first-order chi connectivity index (χ1) is 13.2. The second kappa shape index (κ2) is 6.83. The lowest BCUT2D eigenvalue weighted by molar-refractivity contribution is -0.144. The predicted molar refractivity (Wildman–Crippen MR) is 100 cm³/mol. The summed E-state index contributed by atoms with van der Waals surface area (Å²) in [6.07, 6.45) is 2.27. The molecule has 4 rings (SSSR count). The fourth-order valence-corrected chi connectivity index (χ4v) is 3.75. The van der Waals surface area contributed by atoms with Crippen molar-refractivity contribution in [1.82, 2.24) is 0 Å². The third kappa shape index (κ3) is 2.76. The Bertz CT molecular complexity index is 933. The first-order valence-corrected chi connectivity index (χ1v) is 8.97. The van der Waals surface area contributed by atoms with Gasteiger partial charge in [0.2, 0.25) is 11.4 Å². The quantitative estimate of drug-likeness (QED) is 0.783. The Hall–Kier alpha value is -3.21. The van der Waals surface area contributed by atoms with Crippen LogP contribution in [0.4, 0.5) is 0 Å². The van der Waals surface area contributed by atoms with Crippen LogP contribution in [-0.4, -0.2) is 30.0 Å². The summed E-state index contributed by atoms with van der Waals surface area (Å²) < 4.78 is 10.8. The van der Waals surface area contributed by atoms with Gasteiger partial charge in [-0.3, -0.25) is 0 Å². The minimum absolute atomic E-state index is 0.229. The van der Waals surface area contributed by atoms with Gasteiger partial charge in [0.1, 0.15) is 0 Å². The van der Waals surface area contributed by atoms with E-state index in [0.29, 0.717) is 12.0 Å². The van der Waals surface area contributed by atoms with Crippen LogP contribution in [0.2, 0.25) is 0 Å². The monoisotopic (exact) mass is 361 g/mol. The van der Waals surface area contributed by atoms with Crippen molar-refractivity contribution < 1.29 is 19.1 Å². The Morgan fingerprint density at radius 3 is 2.48 bits per heavy atom. The molecule has 2 aromatic carbocycles. The Balaban J connectivity index is 1.84. The van der Waals surface area contributed by atoms with Crippen molar-refractivity contribution in [2.45, 2.75) is 24.8 Å². The minimum Gasteiger partial charge on any atom is -0.463 e. The van der Waals surface area contributed by atoms with E-state index >= 15 is 0 Å². The van der Waals surface area contributed by atoms with Crippen molar-refractivity contribution in [2.24, 2.45) is 4.99 Å². The van der Waals surface area contributed by atoms with Crippen LogP contribution in [0.5, 0.6) is 0 Å². The maximum Gasteiger partial charge on any atom is 0.346 e. The molecule has 0 saturated carbocycles. The van der Waals surface area contributed by atoms with E-state index in [2.05, 4.69) is 4.99 Å². The van der Waals surface area contributed by atoms with Crippen LogP contribution >= 0.6 is 0 Å². The first-order valence-electron chi connectivity index (χ1n) is 8.97. The summed E-state index contributed by atoms with van der Waals surface area (Å²) in [4.78, 5) is 30.4. The van der Waals surface area contributed by atoms with E-state index in [1.165, 1.54) is 0 Å². The summed E-state index contributed by atoms with van der Waals surface area (Å²) in [5.41, 5.74) is 0.487. The van der Waals surface area contributed by atoms with Crippen molar-refractivity contribution in [3.63, 3.8) is 0 Å². The molecule has 0 aromatic heterocycles. The molecule has 1 aliphatic heterocycles. The molecule has 0 fully saturated rings. The maximum absolute atomic E-state index is 13.1. The van der Waals surface area contributed by atoms with Gasteiger partial charge in [-0.15, -0.1) is 0 Å². The topological polar surface area (TPSA) is 65.0 Å². The smallest absolute Gasteiger partial charge is 0.346 e. The maximum atomic E-state index is 13.1. The molecular weight excluding hydrogens is 342 g/mol. The average Bonchev–Trinajstić information content (AvgIpc) is 3.25. The van der Waals surface area contributed by atoms with Gasteiger partial charge in [0.15, 0.2) is 0 Å². The lowest BCUT2D eigenvalue weighted by Gasteiger charge is -2.27. The zero-order chi connectivity index (χ0) is 18.9. The number of allylic oxidation sites excluding steroid dienone is 1. The number of ether oxygens (including phenoxy) is 2. The highest BCUT2D eigenvalue weighted by molar-refractivity contribution is 6.14. The SMILES string of the molecule is CCOC(=O)C1=CC[C@H](c2ccccc2)[C@]12N=C(c1ccccc1)OC2=O. The van der Waals surface area contributed by atoms with Crippen LogP contribution in [0, 0.1) is 0 Å². The number of carbonyl (C=O) groups is 2. The highest BCUT2D eigenvalue weighted by Gasteiger charge is 2.60. The molecule has 5 heteroatoms. The standard InChI is InChI=1S/C22H19NO4/c1-2-26-20(24)18-14-13-17(15-9-5-3-6-10-15)22(18)21(25)27-19(23-22)16-11-7-4-8-12-16/h3-12,14,17H,2,13H2,1H3/t17-,22+/m1/s1. The molecule has 2 aliphatic rings. The van der Waals surface area contributed by atoms with E-state index in [-0.39, 0.29) is 24.0 Å². The summed E-state index contributed by atoms with van der Waals surface area (Å²) in [5, 5.41) is 0. The van der Waals surface area contributed by atoms with Gasteiger partial charge >= 0.3 is 11.9 Å². The lowest BCUT2D eigenvalue weighted by Crippen LogP contribution is -2.42. The number of nitrogens with zero attached hydrogens (tertiary/aromatic N) is 1. The van der Waals surface area contributed by atoms with Gasteiger partial charge in [-0.2, -0.15) is 0 Å². The Morgan fingerprint density at radius 1 is 1.15 bits per heavy atom. The second-order valence-electron chi connectivity index (χ2n) is 6.48. The molecule has 1 spiro atoms. The zero-order valence-corrected chi connectivity index (χ0v) is 14.9. The van der Waals surface area contributed by atoms with Crippen LogP contribution in [0.3, 0.4) is 0 Å². The van der Waals surface area contributed by atoms with Crippen LogP contribution in [-0.2, 0) is 19.1 Å². The van der Waals surface area contributed by atoms with Gasteiger partial charge in [0.05, 0.1) is 12.2 Å². The fraction of sp³-hybridized carbons (Fsp3) is 0.227. The van der Waals surface area contributed by atoms with Gasteiger partial charge in [-0.25, -0.2) is 14.6 Å². The number of carbonyl (C=O) groups excluding carboxylic acids is 2. The molecule has 136 valence electrons. The normalized spacial score (nSPS) is 23.7. The van der Waals surface area contributed by atoms with E-state index in [1.54, 1.807) is 13.0 Å². The van der Waals surface area contributed by atoms with Crippen LogP contribution in [0.1, 0.15) is 30.4 Å². The number of aliphatic imine (C=N–C) groups is 1. The number of rotatable bonds is 4. The van der Waals surface area contributed by atoms with Gasteiger partial charge in [-0.05, 0) is 31.0 Å². The van der Waals surface area contributed by atoms with Crippen molar-refractivity contribution in [3.8, 4) is 0 Å². The van der Waals surface area contributed by atoms with E-state index in [0.717, 1.165) is 5.56 Å². The van der Waals surface area contributed by atoms with Crippen molar-refractivity contribution >= 4 is 17.8 Å². The van der Waals surface area contributed by atoms with Crippen molar-refractivity contribution in [1.29, 1.82) is 0 Å². The Labute approximate surface area is 157 Å². The molecule has 2 atom stereocenters. The molecule has 0 radical (unpaired) electrons. The molecule has 0 amide bonds. The number of hydrogen-bond donors (Lipinski definition) is 0. The lowest BCUT2D eigenvalue weighted by atomic mass is 9.78. The summed E-state index contributed by atoms with van der Waals surface area (Å²) >= 11 is 0. The van der Waals surface area contributed by atoms with E-state index in [1.807, 2.05) is 60.7 Å². The third-order valence-corrected chi connectivity index (χ3v) is 4.97. The van der Waals surface area contributed by atoms with E-state index < -0.39 is 17.5 Å². The highest BCUT2D eigenvalue weighted by atomic mass is 16.6. The molecular formula is C22H19NO4. The number of hydrogen-bond acceptors (Lipinski definition) is 5. The molecule has 5 nitrogen and oxygen atoms in total. The molecule has 0 unspecified atom stereocenters. The molecule has 1 aliphatic carbocycles. The number of cyclic esters (lactones) is 1. The van der Waals surface area contributed by atoms with Crippen LogP contribution in [0.25, 0.3) is 0 Å². The summed E-state index contributed by atoms with van der Waals surface area (Å²) in [6, 6.07) is 18.8. The van der Waals surface area contributed by atoms with Gasteiger partial charge in [-0.1, -0.05) is 54.6 Å². The molecule has 27 heavy (non-hydrogen) atoms. The summed E-state index contributed by atoms with van der Waals surface area (Å²) in [7, 11) is 0.